The Bertz CT molecular complexity index is 1230. The molecule has 1 rings (SSSR count). The quantitative estimate of drug-likeness (QED) is 0.0251. The average Bonchev–Trinajstić information content (AvgIpc) is 3.32. The van der Waals surface area contributed by atoms with E-state index in [2.05, 4.69) is 23.3 Å². The summed E-state index contributed by atoms with van der Waals surface area (Å²) in [5.41, 5.74) is 0. The summed E-state index contributed by atoms with van der Waals surface area (Å²) in [7, 11) is -5.08. The van der Waals surface area contributed by atoms with Crippen LogP contribution in [0.1, 0.15) is 296 Å². The fourth-order valence-corrected chi connectivity index (χ4v) is 10.4. The second kappa shape index (κ2) is 46.9. The van der Waals surface area contributed by atoms with Crippen LogP contribution >= 0.6 is 0 Å². The van der Waals surface area contributed by atoms with Crippen LogP contribution in [0.25, 0.3) is 0 Å². The van der Waals surface area contributed by atoms with Crippen LogP contribution in [0, 0.1) is 0 Å². The lowest BCUT2D eigenvalue weighted by atomic mass is 9.99. The van der Waals surface area contributed by atoms with Gasteiger partial charge in [-0.2, -0.15) is 8.42 Å². The summed E-state index contributed by atoms with van der Waals surface area (Å²) in [4.78, 5) is 13.1. The Labute approximate surface area is 424 Å². The van der Waals surface area contributed by atoms with Crippen molar-refractivity contribution in [2.24, 2.45) is 0 Å². The average molecular weight is 1010 g/mol. The summed E-state index contributed by atoms with van der Waals surface area (Å²) in [5.74, 6) is -0.222. The van der Waals surface area contributed by atoms with Gasteiger partial charge in [0.25, 0.3) is 0 Å². The van der Waals surface area contributed by atoms with E-state index in [1.165, 1.54) is 218 Å². The van der Waals surface area contributed by atoms with Crippen molar-refractivity contribution >= 4 is 16.3 Å². The molecule has 1 heterocycles. The van der Waals surface area contributed by atoms with Gasteiger partial charge in [-0.25, -0.2) is 4.18 Å². The van der Waals surface area contributed by atoms with Crippen LogP contribution in [0.3, 0.4) is 0 Å². The molecule has 0 aromatic rings. The van der Waals surface area contributed by atoms with Crippen molar-refractivity contribution < 1.29 is 51.8 Å². The maximum Gasteiger partial charge on any atom is 0.397 e. The monoisotopic (exact) mass is 1010 g/mol. The molecule has 1 fully saturated rings. The van der Waals surface area contributed by atoms with Gasteiger partial charge >= 0.3 is 10.4 Å². The molecule has 7 unspecified atom stereocenters. The Balaban J connectivity index is 2.34. The summed E-state index contributed by atoms with van der Waals surface area (Å²) in [6, 6.07) is -0.853. The van der Waals surface area contributed by atoms with E-state index in [0.717, 1.165) is 51.4 Å². The van der Waals surface area contributed by atoms with Crippen LogP contribution in [-0.4, -0.2) is 95.4 Å². The topological polar surface area (TPSA) is 192 Å². The SMILES string of the molecule is CCCCCCCCCCCCCCCCCCCCCCCCC(O)C(COC1OC(CO)C(O)C(OS(=O)(=O)O)C1O)NC(=O)CCCCCCCCCCCCCCCCCCCCCC. The predicted molar refractivity (Wildman–Crippen MR) is 283 cm³/mol. The number of aliphatic hydroxyl groups is 4. The van der Waals surface area contributed by atoms with Crippen molar-refractivity contribution in [3.8, 4) is 0 Å². The van der Waals surface area contributed by atoms with E-state index in [-0.39, 0.29) is 12.5 Å². The highest BCUT2D eigenvalue weighted by Gasteiger charge is 2.48. The van der Waals surface area contributed by atoms with Gasteiger partial charge < -0.3 is 35.2 Å². The minimum Gasteiger partial charge on any atom is -0.394 e. The van der Waals surface area contributed by atoms with Crippen molar-refractivity contribution in [2.45, 2.75) is 339 Å². The fraction of sp³-hybridized carbons (Fsp3) is 0.982. The molecule has 0 aromatic carbocycles. The Morgan fingerprint density at radius 3 is 1.16 bits per heavy atom. The first-order valence-electron chi connectivity index (χ1n) is 29.4. The summed E-state index contributed by atoms with van der Waals surface area (Å²) >= 11 is 0. The van der Waals surface area contributed by atoms with Crippen LogP contribution in [0.4, 0.5) is 0 Å². The van der Waals surface area contributed by atoms with Crippen LogP contribution in [-0.2, 0) is 28.9 Å². The Morgan fingerprint density at radius 2 is 0.841 bits per heavy atom. The van der Waals surface area contributed by atoms with E-state index in [9.17, 15) is 38.2 Å². The molecular formula is C56H111NO11S. The summed E-state index contributed by atoms with van der Waals surface area (Å²) < 4.78 is 47.9. The number of hydrogen-bond acceptors (Lipinski definition) is 10. The van der Waals surface area contributed by atoms with Gasteiger partial charge in [-0.05, 0) is 12.8 Å². The van der Waals surface area contributed by atoms with E-state index in [4.69, 9.17) is 9.47 Å². The Kier molecular flexibility index (Phi) is 44.9. The summed E-state index contributed by atoms with van der Waals surface area (Å²) in [5, 5.41) is 45.1. The molecular weight excluding hydrogens is 895 g/mol. The third-order valence-electron chi connectivity index (χ3n) is 14.4. The lowest BCUT2D eigenvalue weighted by Crippen LogP contribution is -2.61. The molecule has 13 heteroatoms. The molecule has 1 amide bonds. The number of aliphatic hydroxyl groups excluding tert-OH is 4. The minimum atomic E-state index is -5.08. The highest BCUT2D eigenvalue weighted by Crippen LogP contribution is 2.26. The van der Waals surface area contributed by atoms with E-state index in [1.807, 2.05) is 0 Å². The van der Waals surface area contributed by atoms with Gasteiger partial charge in [-0.15, -0.1) is 0 Å². The molecule has 0 radical (unpaired) electrons. The molecule has 6 N–H and O–H groups in total. The molecule has 0 spiro atoms. The first kappa shape index (κ1) is 66.1. The lowest BCUT2D eigenvalue weighted by Gasteiger charge is -2.41. The van der Waals surface area contributed by atoms with Crippen LogP contribution in [0.15, 0.2) is 0 Å². The van der Waals surface area contributed by atoms with Crippen molar-refractivity contribution in [3.63, 3.8) is 0 Å². The smallest absolute Gasteiger partial charge is 0.394 e. The highest BCUT2D eigenvalue weighted by molar-refractivity contribution is 7.80. The third-order valence-corrected chi connectivity index (χ3v) is 14.9. The molecule has 7 atom stereocenters. The summed E-state index contributed by atoms with van der Waals surface area (Å²) in [6.45, 7) is 3.51. The first-order valence-corrected chi connectivity index (χ1v) is 30.8. The molecule has 0 saturated carbocycles. The minimum absolute atomic E-state index is 0.222. The van der Waals surface area contributed by atoms with E-state index < -0.39 is 59.9 Å². The zero-order chi connectivity index (χ0) is 50.5. The second-order valence-corrected chi connectivity index (χ2v) is 22.0. The molecule has 1 aliphatic heterocycles. The lowest BCUT2D eigenvalue weighted by molar-refractivity contribution is -0.298. The van der Waals surface area contributed by atoms with E-state index in [0.29, 0.717) is 12.8 Å². The number of ether oxygens (including phenoxy) is 2. The molecule has 12 nitrogen and oxygen atoms in total. The molecule has 0 bridgehead atoms. The van der Waals surface area contributed by atoms with Crippen LogP contribution < -0.4 is 5.32 Å². The number of nitrogens with one attached hydrogen (secondary N) is 1. The second-order valence-electron chi connectivity index (χ2n) is 21.0. The van der Waals surface area contributed by atoms with Crippen LogP contribution in [0.2, 0.25) is 0 Å². The first-order chi connectivity index (χ1) is 33.5. The Hall–Kier alpha value is -0.900. The third kappa shape index (κ3) is 39.3. The van der Waals surface area contributed by atoms with Gasteiger partial charge in [-0.1, -0.05) is 277 Å². The molecule has 0 aliphatic carbocycles. The van der Waals surface area contributed by atoms with Gasteiger partial charge in [0, 0.05) is 6.42 Å². The van der Waals surface area contributed by atoms with Gasteiger partial charge in [0.05, 0.1) is 25.4 Å². The van der Waals surface area contributed by atoms with E-state index in [1.54, 1.807) is 0 Å². The number of amides is 1. The molecule has 0 aromatic heterocycles. The molecule has 1 saturated heterocycles. The number of hydrogen-bond donors (Lipinski definition) is 6. The molecule has 412 valence electrons. The van der Waals surface area contributed by atoms with Crippen molar-refractivity contribution in [1.29, 1.82) is 0 Å². The summed E-state index contributed by atoms with van der Waals surface area (Å²) in [6.07, 6.45) is 45.3. The maximum atomic E-state index is 13.1. The van der Waals surface area contributed by atoms with Gasteiger partial charge in [0.2, 0.25) is 5.91 Å². The molecule has 69 heavy (non-hydrogen) atoms. The normalized spacial score (nSPS) is 19.6. The van der Waals surface area contributed by atoms with Gasteiger partial charge in [0.15, 0.2) is 6.29 Å². The number of unbranched alkanes of at least 4 members (excludes halogenated alkanes) is 40. The standard InChI is InChI=1S/C56H111NO11S/c1-3-5-7-9-11-13-15-17-19-21-23-25-26-27-29-31-33-35-37-39-41-43-45-50(59)49(48-66-56-54(62)55(68-69(63,64)65)53(61)51(47-58)67-56)57-52(60)46-44-42-40-38-36-34-32-30-28-24-22-20-18-16-14-12-10-8-6-4-2/h49-51,53-56,58-59,61-62H,3-48H2,1-2H3,(H,57,60)(H,63,64,65). The van der Waals surface area contributed by atoms with Crippen molar-refractivity contribution in [3.05, 3.63) is 0 Å². The zero-order valence-electron chi connectivity index (χ0n) is 44.7. The highest BCUT2D eigenvalue weighted by atomic mass is 32.3. The number of carbonyl (C=O) groups is 1. The van der Waals surface area contributed by atoms with Crippen molar-refractivity contribution in [1.82, 2.24) is 5.32 Å². The van der Waals surface area contributed by atoms with Gasteiger partial charge in [0.1, 0.15) is 24.4 Å². The van der Waals surface area contributed by atoms with Crippen molar-refractivity contribution in [2.75, 3.05) is 13.2 Å². The zero-order valence-corrected chi connectivity index (χ0v) is 45.5. The van der Waals surface area contributed by atoms with Crippen LogP contribution in [0.5, 0.6) is 0 Å². The number of rotatable bonds is 52. The van der Waals surface area contributed by atoms with E-state index >= 15 is 0 Å². The predicted octanol–water partition coefficient (Wildman–Crippen LogP) is 13.7. The Morgan fingerprint density at radius 1 is 0.522 bits per heavy atom. The maximum absolute atomic E-state index is 13.1. The largest absolute Gasteiger partial charge is 0.397 e. The number of carbonyl (C=O) groups excluding carboxylic acids is 1. The molecule has 1 aliphatic rings. The fourth-order valence-electron chi connectivity index (χ4n) is 9.88. The van der Waals surface area contributed by atoms with Gasteiger partial charge in [-0.3, -0.25) is 9.35 Å².